The fraction of sp³-hybridized carbons (Fsp3) is 0.429. The van der Waals surface area contributed by atoms with Crippen molar-refractivity contribution in [3.05, 3.63) is 41.1 Å². The zero-order valence-electron chi connectivity index (χ0n) is 11.4. The van der Waals surface area contributed by atoms with Crippen molar-refractivity contribution in [1.82, 2.24) is 14.5 Å². The molecule has 0 atom stereocenters. The summed E-state index contributed by atoms with van der Waals surface area (Å²) in [5.41, 5.74) is 9.30. The van der Waals surface area contributed by atoms with Crippen LogP contribution >= 0.6 is 0 Å². The van der Waals surface area contributed by atoms with Crippen LogP contribution in [-0.4, -0.2) is 21.1 Å². The van der Waals surface area contributed by atoms with Crippen LogP contribution in [0.3, 0.4) is 0 Å². The summed E-state index contributed by atoms with van der Waals surface area (Å²) in [6, 6.07) is 2.09. The van der Waals surface area contributed by atoms with Crippen molar-refractivity contribution in [2.75, 3.05) is 11.4 Å². The smallest absolute Gasteiger partial charge is 0.134 e. The highest BCUT2D eigenvalue weighted by molar-refractivity contribution is 5.52. The van der Waals surface area contributed by atoms with Gasteiger partial charge in [0.15, 0.2) is 0 Å². The maximum Gasteiger partial charge on any atom is 0.134 e. The van der Waals surface area contributed by atoms with E-state index in [4.69, 9.17) is 10.7 Å². The first-order chi connectivity index (χ1) is 9.19. The predicted octanol–water partition coefficient (Wildman–Crippen LogP) is 1.37. The highest BCUT2D eigenvalue weighted by atomic mass is 15.3. The molecule has 0 aromatic carbocycles. The molecule has 0 radical (unpaired) electrons. The van der Waals surface area contributed by atoms with Gasteiger partial charge in [-0.1, -0.05) is 0 Å². The van der Waals surface area contributed by atoms with Crippen LogP contribution in [0.5, 0.6) is 0 Å². The zero-order valence-corrected chi connectivity index (χ0v) is 11.4. The molecule has 3 heterocycles. The molecule has 19 heavy (non-hydrogen) atoms. The molecule has 2 aromatic heterocycles. The van der Waals surface area contributed by atoms with Crippen molar-refractivity contribution in [3.8, 4) is 0 Å². The molecule has 5 heteroatoms. The molecule has 1 aliphatic rings. The fourth-order valence-corrected chi connectivity index (χ4v) is 2.71. The largest absolute Gasteiger partial charge is 0.347 e. The van der Waals surface area contributed by atoms with Gasteiger partial charge in [0, 0.05) is 43.3 Å². The molecule has 2 aromatic rings. The van der Waals surface area contributed by atoms with E-state index in [1.807, 2.05) is 19.3 Å². The summed E-state index contributed by atoms with van der Waals surface area (Å²) in [5.74, 6) is 2.12. The number of hydrogen-bond donors (Lipinski definition) is 1. The van der Waals surface area contributed by atoms with Crippen molar-refractivity contribution < 1.29 is 0 Å². The molecule has 5 nitrogen and oxygen atoms in total. The molecule has 0 spiro atoms. The second-order valence-corrected chi connectivity index (χ2v) is 5.05. The van der Waals surface area contributed by atoms with Crippen LogP contribution in [0.25, 0.3) is 0 Å². The van der Waals surface area contributed by atoms with Gasteiger partial charge in [-0.25, -0.2) is 9.97 Å². The first kappa shape index (κ1) is 12.2. The number of aryl methyl sites for hydroxylation is 2. The van der Waals surface area contributed by atoms with E-state index in [9.17, 15) is 0 Å². The van der Waals surface area contributed by atoms with Crippen LogP contribution in [0.1, 0.15) is 22.6 Å². The van der Waals surface area contributed by atoms with Gasteiger partial charge in [-0.15, -0.1) is 0 Å². The van der Waals surface area contributed by atoms with E-state index in [0.29, 0.717) is 6.54 Å². The maximum absolute atomic E-state index is 5.90. The number of fused-ring (bicyclic) bond motifs is 1. The number of anilines is 1. The van der Waals surface area contributed by atoms with Crippen molar-refractivity contribution >= 4 is 5.82 Å². The highest BCUT2D eigenvalue weighted by Crippen LogP contribution is 2.25. The Morgan fingerprint density at radius 3 is 2.95 bits per heavy atom. The van der Waals surface area contributed by atoms with Gasteiger partial charge in [-0.2, -0.15) is 0 Å². The van der Waals surface area contributed by atoms with E-state index < -0.39 is 0 Å². The summed E-state index contributed by atoms with van der Waals surface area (Å²) < 4.78 is 2.20. The molecule has 0 bridgehead atoms. The van der Waals surface area contributed by atoms with E-state index in [1.54, 1.807) is 0 Å². The minimum Gasteiger partial charge on any atom is -0.347 e. The number of imidazole rings is 1. The van der Waals surface area contributed by atoms with Crippen LogP contribution in [-0.2, 0) is 19.6 Å². The molecule has 1 aliphatic heterocycles. The second-order valence-electron chi connectivity index (χ2n) is 5.05. The Labute approximate surface area is 113 Å². The topological polar surface area (TPSA) is 60.0 Å². The van der Waals surface area contributed by atoms with Crippen molar-refractivity contribution in [2.24, 2.45) is 5.73 Å². The monoisotopic (exact) mass is 257 g/mol. The molecule has 0 fully saturated rings. The Morgan fingerprint density at radius 1 is 1.32 bits per heavy atom. The minimum absolute atomic E-state index is 0.527. The maximum atomic E-state index is 5.90. The van der Waals surface area contributed by atoms with Gasteiger partial charge in [0.2, 0.25) is 0 Å². The lowest BCUT2D eigenvalue weighted by Crippen LogP contribution is -2.35. The molecule has 0 unspecified atom stereocenters. The summed E-state index contributed by atoms with van der Waals surface area (Å²) in [5, 5.41) is 0. The molecule has 100 valence electrons. The first-order valence-corrected chi connectivity index (χ1v) is 6.61. The standard InChI is InChI=1S/C14H19N5/c1-10-7-11(2)17-14(12(10)8-15)19-6-5-18-4-3-16-13(18)9-19/h3-4,7H,5-6,8-9,15H2,1-2H3. The van der Waals surface area contributed by atoms with Crippen LogP contribution in [0, 0.1) is 13.8 Å². The summed E-state index contributed by atoms with van der Waals surface area (Å²) in [6.07, 6.45) is 3.89. The van der Waals surface area contributed by atoms with Crippen LogP contribution in [0.2, 0.25) is 0 Å². The lowest BCUT2D eigenvalue weighted by Gasteiger charge is -2.30. The number of nitrogens with zero attached hydrogens (tertiary/aromatic N) is 4. The average Bonchev–Trinajstić information content (AvgIpc) is 2.85. The summed E-state index contributed by atoms with van der Waals surface area (Å²) in [6.45, 7) is 7.36. The Bertz CT molecular complexity index is 602. The number of nitrogens with two attached hydrogens (primary N) is 1. The summed E-state index contributed by atoms with van der Waals surface area (Å²) >= 11 is 0. The third-order valence-electron chi connectivity index (χ3n) is 3.70. The molecule has 2 N–H and O–H groups in total. The van der Waals surface area contributed by atoms with Gasteiger partial charge < -0.3 is 15.2 Å². The van der Waals surface area contributed by atoms with Gasteiger partial charge in [0.1, 0.15) is 11.6 Å². The van der Waals surface area contributed by atoms with Crippen molar-refractivity contribution in [3.63, 3.8) is 0 Å². The highest BCUT2D eigenvalue weighted by Gasteiger charge is 2.21. The minimum atomic E-state index is 0.527. The predicted molar refractivity (Wildman–Crippen MR) is 74.9 cm³/mol. The van der Waals surface area contributed by atoms with Crippen LogP contribution < -0.4 is 10.6 Å². The SMILES string of the molecule is Cc1cc(C)c(CN)c(N2CCn3ccnc3C2)n1. The second kappa shape index (κ2) is 4.66. The Balaban J connectivity index is 1.99. The quantitative estimate of drug-likeness (QED) is 0.883. The van der Waals surface area contributed by atoms with E-state index >= 15 is 0 Å². The van der Waals surface area contributed by atoms with Crippen molar-refractivity contribution in [2.45, 2.75) is 33.5 Å². The van der Waals surface area contributed by atoms with E-state index in [2.05, 4.69) is 27.4 Å². The molecular formula is C14H19N5. The number of aromatic nitrogens is 3. The molecule has 0 saturated heterocycles. The van der Waals surface area contributed by atoms with E-state index in [1.165, 1.54) is 5.56 Å². The average molecular weight is 257 g/mol. The van der Waals surface area contributed by atoms with E-state index in [0.717, 1.165) is 42.5 Å². The number of pyridine rings is 1. The molecule has 0 saturated carbocycles. The molecule has 0 aliphatic carbocycles. The first-order valence-electron chi connectivity index (χ1n) is 6.61. The third-order valence-corrected chi connectivity index (χ3v) is 3.70. The van der Waals surface area contributed by atoms with Crippen LogP contribution in [0.15, 0.2) is 18.5 Å². The molecule has 3 rings (SSSR count). The van der Waals surface area contributed by atoms with Gasteiger partial charge in [-0.05, 0) is 25.5 Å². The summed E-state index contributed by atoms with van der Waals surface area (Å²) in [4.78, 5) is 11.4. The fourth-order valence-electron chi connectivity index (χ4n) is 2.71. The van der Waals surface area contributed by atoms with E-state index in [-0.39, 0.29) is 0 Å². The van der Waals surface area contributed by atoms with Crippen LogP contribution in [0.4, 0.5) is 5.82 Å². The van der Waals surface area contributed by atoms with Crippen molar-refractivity contribution in [1.29, 1.82) is 0 Å². The number of rotatable bonds is 2. The molecular weight excluding hydrogens is 238 g/mol. The summed E-state index contributed by atoms with van der Waals surface area (Å²) in [7, 11) is 0. The number of hydrogen-bond acceptors (Lipinski definition) is 4. The third kappa shape index (κ3) is 2.10. The Hall–Kier alpha value is -1.88. The molecule has 0 amide bonds. The Morgan fingerprint density at radius 2 is 2.16 bits per heavy atom. The van der Waals surface area contributed by atoms with Gasteiger partial charge in [0.05, 0.1) is 6.54 Å². The lowest BCUT2D eigenvalue weighted by atomic mass is 10.1. The lowest BCUT2D eigenvalue weighted by molar-refractivity contribution is 0.554. The Kier molecular flexibility index (Phi) is 2.98. The van der Waals surface area contributed by atoms with Gasteiger partial charge in [0.25, 0.3) is 0 Å². The van der Waals surface area contributed by atoms with Gasteiger partial charge >= 0.3 is 0 Å². The normalized spacial score (nSPS) is 14.6. The van der Waals surface area contributed by atoms with Gasteiger partial charge in [-0.3, -0.25) is 0 Å². The zero-order chi connectivity index (χ0) is 13.4.